The Morgan fingerprint density at radius 1 is 1.36 bits per heavy atom. The van der Waals surface area contributed by atoms with Crippen molar-refractivity contribution in [1.29, 1.82) is 0 Å². The molecular formula is C19H21NO5. The molecule has 0 aliphatic carbocycles. The number of rotatable bonds is 6. The van der Waals surface area contributed by atoms with E-state index in [1.165, 1.54) is 7.11 Å². The first-order chi connectivity index (χ1) is 12.1. The molecule has 2 heterocycles. The number of nitrogens with zero attached hydrogens (tertiary/aromatic N) is 1. The van der Waals surface area contributed by atoms with Gasteiger partial charge in [-0.05, 0) is 49.1 Å². The maximum absolute atomic E-state index is 12.0. The van der Waals surface area contributed by atoms with E-state index < -0.39 is 11.6 Å². The zero-order valence-electron chi connectivity index (χ0n) is 14.3. The van der Waals surface area contributed by atoms with Gasteiger partial charge in [0.1, 0.15) is 5.75 Å². The molecule has 1 aliphatic heterocycles. The minimum absolute atomic E-state index is 0.338. The number of aromatic nitrogens is 1. The summed E-state index contributed by atoms with van der Waals surface area (Å²) in [6.07, 6.45) is 3.50. The predicted octanol–water partition coefficient (Wildman–Crippen LogP) is 3.54. The molecule has 25 heavy (non-hydrogen) atoms. The van der Waals surface area contributed by atoms with E-state index in [0.717, 1.165) is 12.0 Å². The van der Waals surface area contributed by atoms with Crippen LogP contribution >= 0.6 is 0 Å². The summed E-state index contributed by atoms with van der Waals surface area (Å²) in [5, 5.41) is 9.85. The zero-order valence-corrected chi connectivity index (χ0v) is 14.3. The second-order valence-corrected chi connectivity index (χ2v) is 5.88. The van der Waals surface area contributed by atoms with Gasteiger partial charge in [-0.1, -0.05) is 13.0 Å². The van der Waals surface area contributed by atoms with Crippen LogP contribution in [0.25, 0.3) is 0 Å². The van der Waals surface area contributed by atoms with Crippen molar-refractivity contribution in [3.63, 3.8) is 0 Å². The minimum atomic E-state index is -1.38. The normalized spacial score (nSPS) is 19.6. The van der Waals surface area contributed by atoms with E-state index in [9.17, 15) is 9.90 Å². The highest BCUT2D eigenvalue weighted by Crippen LogP contribution is 2.43. The lowest BCUT2D eigenvalue weighted by atomic mass is 9.88. The van der Waals surface area contributed by atoms with Gasteiger partial charge in [0.2, 0.25) is 0 Å². The second-order valence-electron chi connectivity index (χ2n) is 5.88. The number of hydrogen-bond donors (Lipinski definition) is 1. The van der Waals surface area contributed by atoms with E-state index >= 15 is 0 Å². The molecular weight excluding hydrogens is 322 g/mol. The number of methoxy groups -OCH3 is 1. The van der Waals surface area contributed by atoms with Gasteiger partial charge in [-0.3, -0.25) is 0 Å². The van der Waals surface area contributed by atoms with Gasteiger partial charge >= 0.3 is 5.97 Å². The van der Waals surface area contributed by atoms with Crippen LogP contribution in [0, 0.1) is 0 Å². The van der Waals surface area contributed by atoms with Gasteiger partial charge in [0, 0.05) is 18.4 Å². The summed E-state index contributed by atoms with van der Waals surface area (Å²) in [4.78, 5) is 16.1. The molecule has 0 amide bonds. The molecule has 0 saturated carbocycles. The maximum atomic E-state index is 12.0. The first-order valence-electron chi connectivity index (χ1n) is 8.28. The first kappa shape index (κ1) is 17.2. The molecule has 1 atom stereocenters. The van der Waals surface area contributed by atoms with Gasteiger partial charge in [-0.15, -0.1) is 0 Å². The van der Waals surface area contributed by atoms with E-state index in [4.69, 9.17) is 14.2 Å². The van der Waals surface area contributed by atoms with Gasteiger partial charge in [-0.2, -0.15) is 0 Å². The molecule has 1 N–H and O–H groups in total. The molecule has 1 unspecified atom stereocenters. The monoisotopic (exact) mass is 343 g/mol. The standard InChI is InChI=1S/C19H21NO5/c1-3-13-7-8-15(25-16-6-4-10-20-17(16)23-2)14(12-13)19(18(21)22)9-5-11-24-19/h4,6-8,10,12H,3,5,9,11H2,1-2H3,(H,21,22). The van der Waals surface area contributed by atoms with E-state index in [0.29, 0.717) is 42.4 Å². The Morgan fingerprint density at radius 3 is 2.84 bits per heavy atom. The summed E-state index contributed by atoms with van der Waals surface area (Å²) in [5.74, 6) is 0.202. The van der Waals surface area contributed by atoms with Crippen molar-refractivity contribution in [2.45, 2.75) is 31.8 Å². The molecule has 1 aromatic heterocycles. The van der Waals surface area contributed by atoms with Crippen LogP contribution in [0.3, 0.4) is 0 Å². The van der Waals surface area contributed by atoms with Crippen LogP contribution in [0.4, 0.5) is 0 Å². The van der Waals surface area contributed by atoms with Gasteiger partial charge in [0.25, 0.3) is 5.88 Å². The Hall–Kier alpha value is -2.60. The predicted molar refractivity (Wildman–Crippen MR) is 91.2 cm³/mol. The summed E-state index contributed by atoms with van der Waals surface area (Å²) >= 11 is 0. The van der Waals surface area contributed by atoms with Crippen molar-refractivity contribution in [3.8, 4) is 17.4 Å². The molecule has 132 valence electrons. The van der Waals surface area contributed by atoms with Crippen LogP contribution in [0.1, 0.15) is 30.9 Å². The Bertz CT molecular complexity index is 768. The number of ether oxygens (including phenoxy) is 3. The molecule has 0 radical (unpaired) electrons. The number of carboxylic acid groups (broad SMARTS) is 1. The molecule has 1 aromatic carbocycles. The quantitative estimate of drug-likeness (QED) is 0.864. The average Bonchev–Trinajstić information content (AvgIpc) is 3.13. The van der Waals surface area contributed by atoms with Gasteiger partial charge < -0.3 is 19.3 Å². The molecule has 1 aliphatic rings. The van der Waals surface area contributed by atoms with E-state index in [-0.39, 0.29) is 0 Å². The lowest BCUT2D eigenvalue weighted by Gasteiger charge is -2.26. The first-order valence-corrected chi connectivity index (χ1v) is 8.28. The van der Waals surface area contributed by atoms with Crippen molar-refractivity contribution < 1.29 is 24.1 Å². The van der Waals surface area contributed by atoms with Gasteiger partial charge in [0.05, 0.1) is 7.11 Å². The SMILES string of the molecule is CCc1ccc(Oc2cccnc2OC)c(C2(C(=O)O)CCCO2)c1. The fraction of sp³-hybridized carbons (Fsp3) is 0.368. The number of benzene rings is 1. The molecule has 6 heteroatoms. The molecule has 1 saturated heterocycles. The number of aliphatic carboxylic acids is 1. The Labute approximate surface area is 146 Å². The lowest BCUT2D eigenvalue weighted by Crippen LogP contribution is -2.35. The van der Waals surface area contributed by atoms with Crippen LogP contribution in [0.15, 0.2) is 36.5 Å². The van der Waals surface area contributed by atoms with Crippen molar-refractivity contribution in [1.82, 2.24) is 4.98 Å². The Morgan fingerprint density at radius 2 is 2.20 bits per heavy atom. The fourth-order valence-corrected chi connectivity index (χ4v) is 3.06. The van der Waals surface area contributed by atoms with Crippen molar-refractivity contribution >= 4 is 5.97 Å². The van der Waals surface area contributed by atoms with E-state index in [2.05, 4.69) is 4.98 Å². The van der Waals surface area contributed by atoms with Crippen molar-refractivity contribution in [2.75, 3.05) is 13.7 Å². The summed E-state index contributed by atoms with van der Waals surface area (Å²) < 4.78 is 16.9. The molecule has 1 fully saturated rings. The average molecular weight is 343 g/mol. The van der Waals surface area contributed by atoms with E-state index in [1.807, 2.05) is 19.1 Å². The Balaban J connectivity index is 2.09. The molecule has 3 rings (SSSR count). The van der Waals surface area contributed by atoms with E-state index in [1.54, 1.807) is 24.4 Å². The number of hydrogen-bond acceptors (Lipinski definition) is 5. The van der Waals surface area contributed by atoms with Crippen LogP contribution < -0.4 is 9.47 Å². The third kappa shape index (κ3) is 3.17. The molecule has 0 spiro atoms. The van der Waals surface area contributed by atoms with Crippen molar-refractivity contribution in [2.24, 2.45) is 0 Å². The zero-order chi connectivity index (χ0) is 17.9. The largest absolute Gasteiger partial charge is 0.479 e. The highest BCUT2D eigenvalue weighted by atomic mass is 16.5. The molecule has 0 bridgehead atoms. The van der Waals surface area contributed by atoms with Crippen molar-refractivity contribution in [3.05, 3.63) is 47.7 Å². The van der Waals surface area contributed by atoms with Crippen LogP contribution in [-0.2, 0) is 21.6 Å². The maximum Gasteiger partial charge on any atom is 0.340 e. The highest BCUT2D eigenvalue weighted by Gasteiger charge is 2.47. The smallest absolute Gasteiger partial charge is 0.340 e. The summed E-state index contributed by atoms with van der Waals surface area (Å²) in [7, 11) is 1.51. The topological polar surface area (TPSA) is 77.9 Å². The fourth-order valence-electron chi connectivity index (χ4n) is 3.06. The summed E-state index contributed by atoms with van der Waals surface area (Å²) in [6, 6.07) is 9.03. The number of pyridine rings is 1. The lowest BCUT2D eigenvalue weighted by molar-refractivity contribution is -0.161. The second kappa shape index (κ2) is 7.11. The third-order valence-corrected chi connectivity index (χ3v) is 4.40. The van der Waals surface area contributed by atoms with Crippen LogP contribution in [0.2, 0.25) is 0 Å². The van der Waals surface area contributed by atoms with Gasteiger partial charge in [-0.25, -0.2) is 9.78 Å². The Kier molecular flexibility index (Phi) is 4.90. The molecule has 6 nitrogen and oxygen atoms in total. The number of aryl methyl sites for hydroxylation is 1. The third-order valence-electron chi connectivity index (χ3n) is 4.40. The van der Waals surface area contributed by atoms with Gasteiger partial charge in [0.15, 0.2) is 11.4 Å². The number of carbonyl (C=O) groups is 1. The minimum Gasteiger partial charge on any atom is -0.479 e. The summed E-state index contributed by atoms with van der Waals surface area (Å²) in [5.41, 5.74) is 0.176. The van der Waals surface area contributed by atoms with Crippen LogP contribution in [-0.4, -0.2) is 29.8 Å². The van der Waals surface area contributed by atoms with Crippen LogP contribution in [0.5, 0.6) is 17.4 Å². The summed E-state index contributed by atoms with van der Waals surface area (Å²) in [6.45, 7) is 2.44. The highest BCUT2D eigenvalue weighted by molar-refractivity contribution is 5.81. The molecule has 2 aromatic rings. The number of carboxylic acids is 1.